The average molecular weight is 497 g/mol. The van der Waals surface area contributed by atoms with E-state index in [1.165, 1.54) is 0 Å². The van der Waals surface area contributed by atoms with E-state index in [1.54, 1.807) is 57.7 Å². The molecular formula is C24H21BrN2O5. The molecule has 1 aromatic heterocycles. The molecular weight excluding hydrogens is 476 g/mol. The number of rotatable bonds is 6. The molecule has 32 heavy (non-hydrogen) atoms. The maximum absolute atomic E-state index is 12.9. The Bertz CT molecular complexity index is 1320. The highest BCUT2D eigenvalue weighted by atomic mass is 79.9. The number of carbonyl (C=O) groups excluding carboxylic acids is 1. The minimum absolute atomic E-state index is 0.283. The standard InChI is InChI=1S/C24H21BrN2O5/c1-13-9-15(25)11-17(22(13)31-4)23(28)26-16-6-8-19-18(12-16)27-24(32-19)14-5-7-20(29-2)21(10-14)30-3/h5-12H,1-4H3,(H,26,28). The molecule has 0 saturated carbocycles. The second-order valence-electron chi connectivity index (χ2n) is 7.03. The Kier molecular flexibility index (Phi) is 6.05. The first-order chi connectivity index (χ1) is 15.4. The zero-order valence-corrected chi connectivity index (χ0v) is 19.6. The number of hydrogen-bond acceptors (Lipinski definition) is 6. The van der Waals surface area contributed by atoms with Crippen molar-refractivity contribution in [2.75, 3.05) is 26.6 Å². The summed E-state index contributed by atoms with van der Waals surface area (Å²) in [4.78, 5) is 17.5. The molecule has 8 heteroatoms. The Morgan fingerprint density at radius 2 is 1.75 bits per heavy atom. The monoisotopic (exact) mass is 496 g/mol. The van der Waals surface area contributed by atoms with Gasteiger partial charge in [0.1, 0.15) is 11.3 Å². The molecule has 0 aliphatic rings. The predicted molar refractivity (Wildman–Crippen MR) is 126 cm³/mol. The second kappa shape index (κ2) is 8.92. The Hall–Kier alpha value is -3.52. The van der Waals surface area contributed by atoms with Gasteiger partial charge in [0.05, 0.1) is 26.9 Å². The maximum Gasteiger partial charge on any atom is 0.259 e. The molecule has 1 N–H and O–H groups in total. The minimum Gasteiger partial charge on any atom is -0.496 e. The second-order valence-corrected chi connectivity index (χ2v) is 7.94. The number of nitrogens with one attached hydrogen (secondary N) is 1. The van der Waals surface area contributed by atoms with Crippen LogP contribution in [-0.4, -0.2) is 32.2 Å². The fourth-order valence-electron chi connectivity index (χ4n) is 3.47. The molecule has 0 spiro atoms. The van der Waals surface area contributed by atoms with E-state index >= 15 is 0 Å². The van der Waals surface area contributed by atoms with Crippen LogP contribution in [0.5, 0.6) is 17.2 Å². The summed E-state index contributed by atoms with van der Waals surface area (Å²) in [5, 5.41) is 2.90. The zero-order valence-electron chi connectivity index (χ0n) is 18.0. The van der Waals surface area contributed by atoms with Gasteiger partial charge in [-0.3, -0.25) is 4.79 Å². The van der Waals surface area contributed by atoms with Crippen LogP contribution in [0.2, 0.25) is 0 Å². The lowest BCUT2D eigenvalue weighted by Crippen LogP contribution is -2.13. The van der Waals surface area contributed by atoms with E-state index in [-0.39, 0.29) is 5.91 Å². The molecule has 0 atom stereocenters. The van der Waals surface area contributed by atoms with E-state index in [0.717, 1.165) is 15.6 Å². The summed E-state index contributed by atoms with van der Waals surface area (Å²) in [7, 11) is 4.70. The van der Waals surface area contributed by atoms with Crippen LogP contribution in [0.3, 0.4) is 0 Å². The van der Waals surface area contributed by atoms with Crippen molar-refractivity contribution < 1.29 is 23.4 Å². The summed E-state index contributed by atoms with van der Waals surface area (Å²) >= 11 is 3.43. The van der Waals surface area contributed by atoms with Gasteiger partial charge in [0, 0.05) is 15.7 Å². The highest BCUT2D eigenvalue weighted by Crippen LogP contribution is 2.34. The average Bonchev–Trinajstić information content (AvgIpc) is 3.21. The summed E-state index contributed by atoms with van der Waals surface area (Å²) in [6, 6.07) is 14.4. The smallest absolute Gasteiger partial charge is 0.259 e. The predicted octanol–water partition coefficient (Wildman–Crippen LogP) is 5.84. The fraction of sp³-hybridized carbons (Fsp3) is 0.167. The number of aryl methyl sites for hydroxylation is 1. The van der Waals surface area contributed by atoms with Gasteiger partial charge in [-0.05, 0) is 61.0 Å². The lowest BCUT2D eigenvalue weighted by atomic mass is 10.1. The van der Waals surface area contributed by atoms with E-state index in [0.29, 0.717) is 45.5 Å². The van der Waals surface area contributed by atoms with E-state index < -0.39 is 0 Å². The van der Waals surface area contributed by atoms with Crippen LogP contribution in [0.25, 0.3) is 22.6 Å². The number of amides is 1. The Balaban J connectivity index is 1.64. The number of hydrogen-bond donors (Lipinski definition) is 1. The topological polar surface area (TPSA) is 82.8 Å². The van der Waals surface area contributed by atoms with Crippen LogP contribution in [-0.2, 0) is 0 Å². The molecule has 0 bridgehead atoms. The van der Waals surface area contributed by atoms with Crippen molar-refractivity contribution in [2.24, 2.45) is 0 Å². The van der Waals surface area contributed by atoms with Crippen molar-refractivity contribution in [1.82, 2.24) is 4.98 Å². The first kappa shape index (κ1) is 21.7. The van der Waals surface area contributed by atoms with Gasteiger partial charge >= 0.3 is 0 Å². The maximum atomic E-state index is 12.9. The molecule has 164 valence electrons. The van der Waals surface area contributed by atoms with Crippen molar-refractivity contribution in [3.8, 4) is 28.7 Å². The molecule has 4 rings (SSSR count). The van der Waals surface area contributed by atoms with E-state index in [1.807, 2.05) is 19.1 Å². The number of methoxy groups -OCH3 is 3. The Morgan fingerprint density at radius 1 is 0.969 bits per heavy atom. The van der Waals surface area contributed by atoms with Gasteiger partial charge < -0.3 is 23.9 Å². The Morgan fingerprint density at radius 3 is 2.47 bits per heavy atom. The SMILES string of the molecule is COc1ccc(-c2nc3cc(NC(=O)c4cc(Br)cc(C)c4OC)ccc3o2)cc1OC. The quantitative estimate of drug-likeness (QED) is 0.360. The van der Waals surface area contributed by atoms with Crippen LogP contribution >= 0.6 is 15.9 Å². The van der Waals surface area contributed by atoms with Crippen molar-refractivity contribution in [3.63, 3.8) is 0 Å². The lowest BCUT2D eigenvalue weighted by molar-refractivity contribution is 0.102. The number of anilines is 1. The lowest BCUT2D eigenvalue weighted by Gasteiger charge is -2.12. The number of halogens is 1. The molecule has 0 fully saturated rings. The third-order valence-corrected chi connectivity index (χ3v) is 5.42. The number of oxazole rings is 1. The molecule has 0 saturated heterocycles. The van der Waals surface area contributed by atoms with E-state index in [4.69, 9.17) is 18.6 Å². The van der Waals surface area contributed by atoms with Gasteiger partial charge in [-0.1, -0.05) is 15.9 Å². The number of nitrogens with zero attached hydrogens (tertiary/aromatic N) is 1. The molecule has 0 unspecified atom stereocenters. The molecule has 0 aliphatic carbocycles. The van der Waals surface area contributed by atoms with Gasteiger partial charge in [0.2, 0.25) is 5.89 Å². The van der Waals surface area contributed by atoms with Gasteiger partial charge in [0.15, 0.2) is 17.1 Å². The van der Waals surface area contributed by atoms with Crippen LogP contribution in [0.4, 0.5) is 5.69 Å². The highest BCUT2D eigenvalue weighted by molar-refractivity contribution is 9.10. The van der Waals surface area contributed by atoms with Crippen molar-refractivity contribution in [3.05, 3.63) is 64.1 Å². The van der Waals surface area contributed by atoms with Crippen LogP contribution in [0.15, 0.2) is 57.4 Å². The van der Waals surface area contributed by atoms with Crippen molar-refractivity contribution in [1.29, 1.82) is 0 Å². The fourth-order valence-corrected chi connectivity index (χ4v) is 4.04. The zero-order chi connectivity index (χ0) is 22.8. The number of ether oxygens (including phenoxy) is 3. The van der Waals surface area contributed by atoms with E-state index in [9.17, 15) is 4.79 Å². The number of aromatic nitrogens is 1. The van der Waals surface area contributed by atoms with E-state index in [2.05, 4.69) is 26.2 Å². The highest BCUT2D eigenvalue weighted by Gasteiger charge is 2.17. The minimum atomic E-state index is -0.283. The van der Waals surface area contributed by atoms with Gasteiger partial charge in [-0.2, -0.15) is 0 Å². The summed E-state index contributed by atoms with van der Waals surface area (Å²) in [5.41, 5.74) is 3.85. The summed E-state index contributed by atoms with van der Waals surface area (Å²) in [6.07, 6.45) is 0. The van der Waals surface area contributed by atoms with Crippen LogP contribution in [0, 0.1) is 6.92 Å². The van der Waals surface area contributed by atoms with Gasteiger partial charge in [0.25, 0.3) is 5.91 Å². The third-order valence-electron chi connectivity index (χ3n) is 4.96. The molecule has 0 radical (unpaired) electrons. The molecule has 4 aromatic rings. The summed E-state index contributed by atoms with van der Waals surface area (Å²) in [6.45, 7) is 1.89. The van der Waals surface area contributed by atoms with Crippen molar-refractivity contribution >= 4 is 38.6 Å². The first-order valence-electron chi connectivity index (χ1n) is 9.72. The molecule has 1 heterocycles. The number of fused-ring (bicyclic) bond motifs is 1. The Labute approximate surface area is 193 Å². The van der Waals surface area contributed by atoms with Crippen LogP contribution in [0.1, 0.15) is 15.9 Å². The molecule has 3 aromatic carbocycles. The van der Waals surface area contributed by atoms with Gasteiger partial charge in [-0.25, -0.2) is 4.98 Å². The number of carbonyl (C=O) groups is 1. The molecule has 0 aliphatic heterocycles. The summed E-state index contributed by atoms with van der Waals surface area (Å²) in [5.74, 6) is 1.89. The van der Waals surface area contributed by atoms with Gasteiger partial charge in [-0.15, -0.1) is 0 Å². The van der Waals surface area contributed by atoms with Crippen molar-refractivity contribution in [2.45, 2.75) is 6.92 Å². The molecule has 7 nitrogen and oxygen atoms in total. The molecule has 1 amide bonds. The first-order valence-corrected chi connectivity index (χ1v) is 10.5. The number of benzene rings is 3. The van der Waals surface area contributed by atoms with Crippen LogP contribution < -0.4 is 19.5 Å². The summed E-state index contributed by atoms with van der Waals surface area (Å²) < 4.78 is 22.7. The normalized spacial score (nSPS) is 10.8. The largest absolute Gasteiger partial charge is 0.496 e. The third kappa shape index (κ3) is 4.13.